The molecule has 8 heteroatoms. The van der Waals surface area contributed by atoms with Gasteiger partial charge in [-0.1, -0.05) is 17.3 Å². The molecule has 1 atom stereocenters. The van der Waals surface area contributed by atoms with E-state index in [0.29, 0.717) is 24.7 Å². The Morgan fingerprint density at radius 1 is 1.25 bits per heavy atom. The van der Waals surface area contributed by atoms with Gasteiger partial charge in [-0.3, -0.25) is 4.79 Å². The third-order valence-electron chi connectivity index (χ3n) is 5.75. The molecule has 1 saturated heterocycles. The van der Waals surface area contributed by atoms with Crippen molar-refractivity contribution in [3.05, 3.63) is 53.5 Å². The third-order valence-corrected chi connectivity index (χ3v) is 5.75. The maximum atomic E-state index is 13.4. The van der Waals surface area contributed by atoms with E-state index in [1.54, 1.807) is 13.3 Å². The Morgan fingerprint density at radius 2 is 2.03 bits per heavy atom. The monoisotopic (exact) mass is 435 g/mol. The van der Waals surface area contributed by atoms with Gasteiger partial charge in [0, 0.05) is 32.9 Å². The fourth-order valence-corrected chi connectivity index (χ4v) is 4.07. The molecule has 8 nitrogen and oxygen atoms in total. The van der Waals surface area contributed by atoms with Crippen LogP contribution in [0.25, 0.3) is 11.3 Å². The van der Waals surface area contributed by atoms with Crippen molar-refractivity contribution in [3.63, 3.8) is 0 Å². The lowest BCUT2D eigenvalue weighted by Gasteiger charge is -2.36. The number of carbonyl (C=O) groups is 1. The van der Waals surface area contributed by atoms with Crippen LogP contribution in [0.2, 0.25) is 0 Å². The summed E-state index contributed by atoms with van der Waals surface area (Å²) in [6, 6.07) is 9.38. The van der Waals surface area contributed by atoms with Gasteiger partial charge >= 0.3 is 0 Å². The number of rotatable bonds is 6. The summed E-state index contributed by atoms with van der Waals surface area (Å²) in [6.45, 7) is 2.59. The molecule has 1 aliphatic heterocycles. The van der Waals surface area contributed by atoms with Crippen molar-refractivity contribution in [2.24, 2.45) is 0 Å². The highest BCUT2D eigenvalue weighted by atomic mass is 16.5. The summed E-state index contributed by atoms with van der Waals surface area (Å²) >= 11 is 0. The van der Waals surface area contributed by atoms with Gasteiger partial charge in [0.15, 0.2) is 5.76 Å². The summed E-state index contributed by atoms with van der Waals surface area (Å²) in [7, 11) is 5.45. The largest absolute Gasteiger partial charge is 0.497 e. The summed E-state index contributed by atoms with van der Waals surface area (Å²) in [5.74, 6) is 2.09. The number of aryl methyl sites for hydroxylation is 1. The van der Waals surface area contributed by atoms with E-state index in [2.05, 4.69) is 10.1 Å². The molecule has 32 heavy (non-hydrogen) atoms. The van der Waals surface area contributed by atoms with E-state index in [1.807, 2.05) is 61.2 Å². The zero-order valence-electron chi connectivity index (χ0n) is 19.0. The zero-order chi connectivity index (χ0) is 22.7. The molecule has 1 amide bonds. The SMILES string of the molecule is COc1ccc(CC(=O)N2CCCC[C@H]2c2nc(N(C)C)ncc2-c2cc(C)no2)cc1. The van der Waals surface area contributed by atoms with Gasteiger partial charge in [0.25, 0.3) is 0 Å². The number of anilines is 1. The minimum atomic E-state index is -0.142. The van der Waals surface area contributed by atoms with E-state index in [9.17, 15) is 4.79 Å². The maximum Gasteiger partial charge on any atom is 0.227 e. The van der Waals surface area contributed by atoms with Crippen LogP contribution in [0.4, 0.5) is 5.95 Å². The van der Waals surface area contributed by atoms with Gasteiger partial charge in [-0.2, -0.15) is 0 Å². The number of benzene rings is 1. The molecule has 1 aliphatic rings. The van der Waals surface area contributed by atoms with Crippen LogP contribution in [0.1, 0.15) is 42.3 Å². The standard InChI is InChI=1S/C24H29N5O3/c1-16-13-21(32-27-16)19-15-25-24(28(2)3)26-23(19)20-7-5-6-12-29(20)22(30)14-17-8-10-18(31-4)11-9-17/h8-11,13,15,20H,5-7,12,14H2,1-4H3/t20-/m0/s1. The summed E-state index contributed by atoms with van der Waals surface area (Å²) in [5.41, 5.74) is 3.34. The van der Waals surface area contributed by atoms with Crippen LogP contribution in [-0.2, 0) is 11.2 Å². The smallest absolute Gasteiger partial charge is 0.227 e. The Bertz CT molecular complexity index is 1080. The molecule has 0 radical (unpaired) electrons. The maximum absolute atomic E-state index is 13.4. The van der Waals surface area contributed by atoms with E-state index in [1.165, 1.54) is 0 Å². The lowest BCUT2D eigenvalue weighted by Crippen LogP contribution is -2.40. The van der Waals surface area contributed by atoms with Gasteiger partial charge in [0.1, 0.15) is 5.75 Å². The first-order valence-corrected chi connectivity index (χ1v) is 10.9. The van der Waals surface area contributed by atoms with E-state index in [0.717, 1.165) is 47.5 Å². The highest BCUT2D eigenvalue weighted by molar-refractivity contribution is 5.80. The van der Waals surface area contributed by atoms with Gasteiger partial charge < -0.3 is 19.1 Å². The molecule has 1 aromatic carbocycles. The fraction of sp³-hybridized carbons (Fsp3) is 0.417. The van der Waals surface area contributed by atoms with Gasteiger partial charge in [0.2, 0.25) is 11.9 Å². The predicted molar refractivity (Wildman–Crippen MR) is 122 cm³/mol. The number of nitrogens with zero attached hydrogens (tertiary/aromatic N) is 5. The third kappa shape index (κ3) is 4.59. The molecule has 0 aliphatic carbocycles. The van der Waals surface area contributed by atoms with E-state index in [4.69, 9.17) is 14.2 Å². The van der Waals surface area contributed by atoms with Crippen LogP contribution in [-0.4, -0.2) is 53.7 Å². The van der Waals surface area contributed by atoms with Gasteiger partial charge in [-0.05, 0) is 43.9 Å². The van der Waals surface area contributed by atoms with Crippen LogP contribution in [0.5, 0.6) is 5.75 Å². The number of carbonyl (C=O) groups excluding carboxylic acids is 1. The second-order valence-corrected chi connectivity index (χ2v) is 8.32. The molecule has 0 saturated carbocycles. The Hall–Kier alpha value is -3.42. The van der Waals surface area contributed by atoms with Crippen molar-refractivity contribution in [2.45, 2.75) is 38.6 Å². The van der Waals surface area contributed by atoms with Gasteiger partial charge in [-0.15, -0.1) is 0 Å². The Kier molecular flexibility index (Phi) is 6.39. The minimum absolute atomic E-state index is 0.0876. The molecule has 168 valence electrons. The average molecular weight is 436 g/mol. The van der Waals surface area contributed by atoms with Crippen molar-refractivity contribution < 1.29 is 14.1 Å². The van der Waals surface area contributed by atoms with Gasteiger partial charge in [0.05, 0.1) is 36.5 Å². The van der Waals surface area contributed by atoms with Gasteiger partial charge in [-0.25, -0.2) is 9.97 Å². The Labute approximate surface area is 188 Å². The number of likely N-dealkylation sites (tertiary alicyclic amines) is 1. The molecule has 0 N–H and O–H groups in total. The van der Waals surface area contributed by atoms with Crippen molar-refractivity contribution in [2.75, 3.05) is 32.6 Å². The molecule has 3 aromatic rings. The van der Waals surface area contributed by atoms with Crippen LogP contribution in [0.15, 0.2) is 41.1 Å². The zero-order valence-corrected chi connectivity index (χ0v) is 19.0. The molecule has 0 spiro atoms. The van der Waals surface area contributed by atoms with E-state index >= 15 is 0 Å². The van der Waals surface area contributed by atoms with Crippen LogP contribution >= 0.6 is 0 Å². The number of hydrogen-bond acceptors (Lipinski definition) is 7. The lowest BCUT2D eigenvalue weighted by atomic mass is 9.94. The topological polar surface area (TPSA) is 84.6 Å². The van der Waals surface area contributed by atoms with Crippen LogP contribution < -0.4 is 9.64 Å². The first-order valence-electron chi connectivity index (χ1n) is 10.9. The summed E-state index contributed by atoms with van der Waals surface area (Å²) in [6.07, 6.45) is 4.97. The molecule has 4 rings (SSSR count). The second kappa shape index (κ2) is 9.38. The fourth-order valence-electron chi connectivity index (χ4n) is 4.07. The number of ether oxygens (including phenoxy) is 1. The number of hydrogen-bond donors (Lipinski definition) is 0. The normalized spacial score (nSPS) is 16.1. The number of amides is 1. The van der Waals surface area contributed by atoms with Crippen LogP contribution in [0, 0.1) is 6.92 Å². The number of methoxy groups -OCH3 is 1. The van der Waals surface area contributed by atoms with Crippen LogP contribution in [0.3, 0.4) is 0 Å². The Morgan fingerprint density at radius 3 is 2.69 bits per heavy atom. The summed E-state index contributed by atoms with van der Waals surface area (Å²) in [4.78, 5) is 26.6. The summed E-state index contributed by atoms with van der Waals surface area (Å²) < 4.78 is 10.8. The lowest BCUT2D eigenvalue weighted by molar-refractivity contribution is -0.134. The van der Waals surface area contributed by atoms with Crippen molar-refractivity contribution in [3.8, 4) is 17.1 Å². The highest BCUT2D eigenvalue weighted by Gasteiger charge is 2.32. The first kappa shape index (κ1) is 21.8. The van der Waals surface area contributed by atoms with E-state index < -0.39 is 0 Å². The number of piperidine rings is 1. The number of aromatic nitrogens is 3. The average Bonchev–Trinajstić information content (AvgIpc) is 3.25. The van der Waals surface area contributed by atoms with Crippen molar-refractivity contribution in [1.82, 2.24) is 20.0 Å². The second-order valence-electron chi connectivity index (χ2n) is 8.32. The molecule has 3 heterocycles. The van der Waals surface area contributed by atoms with Crippen molar-refractivity contribution >= 4 is 11.9 Å². The molecule has 0 bridgehead atoms. The molecular formula is C24H29N5O3. The molecule has 1 fully saturated rings. The minimum Gasteiger partial charge on any atom is -0.497 e. The van der Waals surface area contributed by atoms with E-state index in [-0.39, 0.29) is 11.9 Å². The Balaban J connectivity index is 1.67. The molecule has 2 aromatic heterocycles. The quantitative estimate of drug-likeness (QED) is 0.582. The summed E-state index contributed by atoms with van der Waals surface area (Å²) in [5, 5.41) is 4.03. The molecule has 0 unspecified atom stereocenters. The predicted octanol–water partition coefficient (Wildman–Crippen LogP) is 3.81. The van der Waals surface area contributed by atoms with Crippen molar-refractivity contribution in [1.29, 1.82) is 0 Å². The molecular weight excluding hydrogens is 406 g/mol. The highest BCUT2D eigenvalue weighted by Crippen LogP contribution is 2.37. The first-order chi connectivity index (χ1) is 15.5.